The molecule has 1 aliphatic rings. The second-order valence-electron chi connectivity index (χ2n) is 6.01. The van der Waals surface area contributed by atoms with E-state index in [1.165, 1.54) is 36.6 Å². The molecule has 0 atom stereocenters. The molecule has 1 amide bonds. The van der Waals surface area contributed by atoms with Gasteiger partial charge < -0.3 is 10.1 Å². The number of sulfonamides is 2. The molecule has 27 heavy (non-hydrogen) atoms. The molecule has 1 fully saturated rings. The van der Waals surface area contributed by atoms with Crippen LogP contribution in [0.5, 0.6) is 0 Å². The van der Waals surface area contributed by atoms with Crippen LogP contribution in [0.4, 0.5) is 0 Å². The van der Waals surface area contributed by atoms with Crippen molar-refractivity contribution in [2.45, 2.75) is 4.90 Å². The third-order valence-electron chi connectivity index (χ3n) is 3.97. The van der Waals surface area contributed by atoms with Crippen LogP contribution in [0, 0.1) is 0 Å². The van der Waals surface area contributed by atoms with Crippen LogP contribution in [0.1, 0.15) is 10.4 Å². The van der Waals surface area contributed by atoms with Crippen molar-refractivity contribution in [2.75, 3.05) is 52.7 Å². The lowest BCUT2D eigenvalue weighted by Crippen LogP contribution is -2.43. The molecule has 1 aliphatic heterocycles. The van der Waals surface area contributed by atoms with Crippen molar-refractivity contribution in [1.29, 1.82) is 0 Å². The fourth-order valence-corrected chi connectivity index (χ4v) is 4.85. The molecule has 0 radical (unpaired) electrons. The average Bonchev–Trinajstić information content (AvgIpc) is 2.62. The summed E-state index contributed by atoms with van der Waals surface area (Å²) < 4.78 is 56.3. The topological polar surface area (TPSA) is 113 Å². The summed E-state index contributed by atoms with van der Waals surface area (Å²) in [5.41, 5.74) is -0.0386. The molecule has 0 spiro atoms. The predicted molar refractivity (Wildman–Crippen MR) is 101 cm³/mol. The van der Waals surface area contributed by atoms with E-state index in [-0.39, 0.29) is 40.9 Å². The lowest BCUT2D eigenvalue weighted by atomic mass is 10.2. The van der Waals surface area contributed by atoms with E-state index < -0.39 is 26.0 Å². The van der Waals surface area contributed by atoms with Crippen molar-refractivity contribution >= 4 is 37.6 Å². The Bertz CT molecular complexity index is 896. The Labute approximate surface area is 164 Å². The van der Waals surface area contributed by atoms with Crippen LogP contribution < -0.4 is 5.32 Å². The summed E-state index contributed by atoms with van der Waals surface area (Å²) in [7, 11) is -4.49. The summed E-state index contributed by atoms with van der Waals surface area (Å²) in [6.07, 6.45) is 0. The monoisotopic (exact) mass is 439 g/mol. The molecule has 0 aromatic heterocycles. The quantitative estimate of drug-likeness (QED) is 0.639. The number of benzene rings is 1. The van der Waals surface area contributed by atoms with Gasteiger partial charge in [0.05, 0.1) is 34.4 Å². The Kier molecular flexibility index (Phi) is 7.22. The highest BCUT2D eigenvalue weighted by atomic mass is 35.5. The summed E-state index contributed by atoms with van der Waals surface area (Å²) in [5.74, 6) is -0.917. The minimum Gasteiger partial charge on any atom is -0.379 e. The summed E-state index contributed by atoms with van der Waals surface area (Å²) in [6, 6.07) is 3.79. The largest absolute Gasteiger partial charge is 0.379 e. The van der Waals surface area contributed by atoms with Gasteiger partial charge in [-0.3, -0.25) is 4.79 Å². The average molecular weight is 440 g/mol. The fraction of sp³-hybridized carbons (Fsp3) is 0.533. The van der Waals surface area contributed by atoms with E-state index in [0.29, 0.717) is 13.2 Å². The smallest absolute Gasteiger partial charge is 0.252 e. The maximum Gasteiger partial charge on any atom is 0.252 e. The highest BCUT2D eigenvalue weighted by Gasteiger charge is 2.25. The van der Waals surface area contributed by atoms with Crippen molar-refractivity contribution in [3.05, 3.63) is 28.8 Å². The first-order chi connectivity index (χ1) is 12.6. The van der Waals surface area contributed by atoms with Gasteiger partial charge in [0.2, 0.25) is 20.0 Å². The summed E-state index contributed by atoms with van der Waals surface area (Å²) >= 11 is 6.00. The van der Waals surface area contributed by atoms with Crippen LogP contribution >= 0.6 is 11.6 Å². The zero-order valence-electron chi connectivity index (χ0n) is 15.0. The lowest BCUT2D eigenvalue weighted by molar-refractivity contribution is 0.0730. The van der Waals surface area contributed by atoms with E-state index >= 15 is 0 Å². The molecule has 0 unspecified atom stereocenters. The Morgan fingerprint density at radius 2 is 1.85 bits per heavy atom. The van der Waals surface area contributed by atoms with E-state index in [2.05, 4.69) is 5.32 Å². The van der Waals surface area contributed by atoms with Gasteiger partial charge in [-0.15, -0.1) is 0 Å². The molecule has 1 saturated heterocycles. The Hall–Kier alpha value is -1.24. The molecule has 1 aromatic rings. The Morgan fingerprint density at radius 3 is 2.44 bits per heavy atom. The minimum absolute atomic E-state index is 0.0386. The maximum atomic E-state index is 12.3. The predicted octanol–water partition coefficient (Wildman–Crippen LogP) is -0.0179. The van der Waals surface area contributed by atoms with Crippen molar-refractivity contribution < 1.29 is 26.4 Å². The Balaban J connectivity index is 2.05. The van der Waals surface area contributed by atoms with Gasteiger partial charge >= 0.3 is 0 Å². The molecule has 152 valence electrons. The highest BCUT2D eigenvalue weighted by molar-refractivity contribution is 7.89. The van der Waals surface area contributed by atoms with Gasteiger partial charge in [0.15, 0.2) is 0 Å². The number of nitrogens with one attached hydrogen (secondary N) is 1. The molecule has 1 aromatic carbocycles. The van der Waals surface area contributed by atoms with Crippen LogP contribution in [0.3, 0.4) is 0 Å². The number of rotatable bonds is 7. The molecule has 9 nitrogen and oxygen atoms in total. The summed E-state index contributed by atoms with van der Waals surface area (Å²) in [5, 5.41) is 2.54. The number of carbonyl (C=O) groups excluding carboxylic acids is 1. The number of halogens is 1. The second kappa shape index (κ2) is 8.84. The third-order valence-corrected chi connectivity index (χ3v) is 7.98. The molecular formula is C15H22ClN3O6S2. The first kappa shape index (κ1) is 22.1. The van der Waals surface area contributed by atoms with E-state index in [1.807, 2.05) is 0 Å². The number of carbonyl (C=O) groups is 1. The third kappa shape index (κ3) is 5.39. The molecule has 0 saturated carbocycles. The van der Waals surface area contributed by atoms with E-state index in [4.69, 9.17) is 16.3 Å². The van der Waals surface area contributed by atoms with Gasteiger partial charge in [0, 0.05) is 33.7 Å². The number of hydrogen-bond donors (Lipinski definition) is 1. The number of morpholine rings is 1. The standard InChI is InChI=1S/C15H22ClN3O6S2/c1-18(2)27(23,24)12-3-4-14(16)13(11-12)15(20)17-5-10-26(21,22)19-6-8-25-9-7-19/h3-4,11H,5-10H2,1-2H3,(H,17,20). The van der Waals surface area contributed by atoms with Gasteiger partial charge in [0.25, 0.3) is 5.91 Å². The van der Waals surface area contributed by atoms with Crippen LogP contribution in [-0.4, -0.2) is 84.0 Å². The van der Waals surface area contributed by atoms with Crippen molar-refractivity contribution in [1.82, 2.24) is 13.9 Å². The van der Waals surface area contributed by atoms with Gasteiger partial charge in [-0.05, 0) is 18.2 Å². The zero-order chi connectivity index (χ0) is 20.2. The maximum absolute atomic E-state index is 12.3. The molecule has 2 rings (SSSR count). The van der Waals surface area contributed by atoms with Crippen LogP contribution in [0.2, 0.25) is 5.02 Å². The van der Waals surface area contributed by atoms with Crippen LogP contribution in [0.25, 0.3) is 0 Å². The number of hydrogen-bond acceptors (Lipinski definition) is 6. The van der Waals surface area contributed by atoms with Gasteiger partial charge in [-0.25, -0.2) is 21.1 Å². The zero-order valence-corrected chi connectivity index (χ0v) is 17.4. The van der Waals surface area contributed by atoms with Gasteiger partial charge in [-0.1, -0.05) is 11.6 Å². The molecule has 0 bridgehead atoms. The number of amides is 1. The summed E-state index contributed by atoms with van der Waals surface area (Å²) in [6.45, 7) is 1.13. The van der Waals surface area contributed by atoms with Crippen LogP contribution in [0.15, 0.2) is 23.1 Å². The SMILES string of the molecule is CN(C)S(=O)(=O)c1ccc(Cl)c(C(=O)NCCS(=O)(=O)N2CCOCC2)c1. The molecule has 12 heteroatoms. The van der Waals surface area contributed by atoms with Gasteiger partial charge in [0.1, 0.15) is 0 Å². The van der Waals surface area contributed by atoms with E-state index in [1.54, 1.807) is 0 Å². The molecule has 1 N–H and O–H groups in total. The number of ether oxygens (including phenoxy) is 1. The van der Waals surface area contributed by atoms with Crippen LogP contribution in [-0.2, 0) is 24.8 Å². The molecular weight excluding hydrogens is 418 g/mol. The number of nitrogens with zero attached hydrogens (tertiary/aromatic N) is 2. The second-order valence-corrected chi connectivity index (χ2v) is 10.7. The first-order valence-corrected chi connectivity index (χ1v) is 11.5. The van der Waals surface area contributed by atoms with E-state index in [9.17, 15) is 21.6 Å². The molecule has 0 aliphatic carbocycles. The first-order valence-electron chi connectivity index (χ1n) is 8.11. The highest BCUT2D eigenvalue weighted by Crippen LogP contribution is 2.22. The summed E-state index contributed by atoms with van der Waals surface area (Å²) in [4.78, 5) is 12.3. The van der Waals surface area contributed by atoms with Crippen molar-refractivity contribution in [2.24, 2.45) is 0 Å². The van der Waals surface area contributed by atoms with Crippen molar-refractivity contribution in [3.63, 3.8) is 0 Å². The normalized spacial score (nSPS) is 16.4. The minimum atomic E-state index is -3.73. The fourth-order valence-electron chi connectivity index (χ4n) is 2.39. The lowest BCUT2D eigenvalue weighted by Gasteiger charge is -2.26. The van der Waals surface area contributed by atoms with Gasteiger partial charge in [-0.2, -0.15) is 4.31 Å². The molecule has 1 heterocycles. The van der Waals surface area contributed by atoms with Crippen molar-refractivity contribution in [3.8, 4) is 0 Å². The van der Waals surface area contributed by atoms with E-state index in [0.717, 1.165) is 4.31 Å². The Morgan fingerprint density at radius 1 is 1.22 bits per heavy atom.